The first kappa shape index (κ1) is 20.9. The third-order valence-corrected chi connectivity index (χ3v) is 4.71. The molecule has 27 heavy (non-hydrogen) atoms. The van der Waals surface area contributed by atoms with Crippen LogP contribution in [0.3, 0.4) is 0 Å². The third-order valence-electron chi connectivity index (χ3n) is 3.70. The van der Waals surface area contributed by atoms with Crippen molar-refractivity contribution >= 4 is 45.3 Å². The van der Waals surface area contributed by atoms with Gasteiger partial charge in [-0.1, -0.05) is 45.7 Å². The Balaban J connectivity index is 1.98. The number of carbonyl (C=O) groups is 3. The minimum atomic E-state index is -0.911. The van der Waals surface area contributed by atoms with Crippen molar-refractivity contribution in [3.05, 3.63) is 69.2 Å². The van der Waals surface area contributed by atoms with Crippen LogP contribution in [0.2, 0.25) is 5.02 Å². The maximum Gasteiger partial charge on any atom is 0.328 e. The fraction of sp³-hybridized carbons (Fsp3) is 0.211. The monoisotopic (exact) mass is 452 g/mol. The van der Waals surface area contributed by atoms with Crippen LogP contribution in [0.4, 0.5) is 0 Å². The van der Waals surface area contributed by atoms with E-state index in [1.165, 1.54) is 7.11 Å². The summed E-state index contributed by atoms with van der Waals surface area (Å²) in [7, 11) is 1.24. The van der Waals surface area contributed by atoms with Gasteiger partial charge in [-0.2, -0.15) is 0 Å². The number of hydrogen-bond donors (Lipinski definition) is 2. The highest BCUT2D eigenvalue weighted by Gasteiger charge is 2.23. The minimum Gasteiger partial charge on any atom is -0.467 e. The second kappa shape index (κ2) is 10.1. The van der Waals surface area contributed by atoms with Crippen molar-refractivity contribution in [2.75, 3.05) is 13.7 Å². The van der Waals surface area contributed by atoms with Crippen molar-refractivity contribution in [3.8, 4) is 0 Å². The van der Waals surface area contributed by atoms with Gasteiger partial charge in [0.2, 0.25) is 5.91 Å². The molecule has 0 aliphatic heterocycles. The second-order valence-corrected chi connectivity index (χ2v) is 6.92. The van der Waals surface area contributed by atoms with Crippen LogP contribution < -0.4 is 10.6 Å². The Kier molecular flexibility index (Phi) is 7.82. The summed E-state index contributed by atoms with van der Waals surface area (Å²) in [6.45, 7) is -0.266. The van der Waals surface area contributed by atoms with Gasteiger partial charge in [-0.3, -0.25) is 9.59 Å². The first-order valence-electron chi connectivity index (χ1n) is 8.05. The van der Waals surface area contributed by atoms with E-state index < -0.39 is 17.9 Å². The molecule has 0 radical (unpaired) electrons. The Morgan fingerprint density at radius 2 is 1.85 bits per heavy atom. The van der Waals surface area contributed by atoms with Gasteiger partial charge in [0, 0.05) is 21.5 Å². The van der Waals surface area contributed by atoms with Crippen molar-refractivity contribution in [1.82, 2.24) is 10.6 Å². The molecule has 0 unspecified atom stereocenters. The lowest BCUT2D eigenvalue weighted by molar-refractivity contribution is -0.144. The quantitative estimate of drug-likeness (QED) is 0.631. The molecule has 0 saturated carbocycles. The number of hydrogen-bond acceptors (Lipinski definition) is 4. The number of esters is 1. The van der Waals surface area contributed by atoms with Crippen LogP contribution in [-0.2, 0) is 20.7 Å². The summed E-state index contributed by atoms with van der Waals surface area (Å²) in [6, 6.07) is 12.8. The largest absolute Gasteiger partial charge is 0.467 e. The zero-order valence-electron chi connectivity index (χ0n) is 14.5. The molecule has 142 valence electrons. The van der Waals surface area contributed by atoms with E-state index in [2.05, 4.69) is 26.6 Å². The Morgan fingerprint density at radius 3 is 2.52 bits per heavy atom. The molecule has 2 aromatic carbocycles. The molecular formula is C19H18BrClN2O4. The Hall–Kier alpha value is -2.38. The molecule has 2 rings (SSSR count). The second-order valence-electron chi connectivity index (χ2n) is 5.63. The third kappa shape index (κ3) is 6.37. The molecule has 0 aromatic heterocycles. The smallest absolute Gasteiger partial charge is 0.328 e. The molecule has 0 aliphatic rings. The Labute approximate surface area is 170 Å². The van der Waals surface area contributed by atoms with Gasteiger partial charge >= 0.3 is 5.97 Å². The molecule has 0 bridgehead atoms. The molecule has 0 aliphatic carbocycles. The lowest BCUT2D eigenvalue weighted by Crippen LogP contribution is -2.47. The van der Waals surface area contributed by atoms with Crippen LogP contribution in [-0.4, -0.2) is 37.5 Å². The van der Waals surface area contributed by atoms with E-state index in [1.807, 2.05) is 0 Å². The molecule has 0 fully saturated rings. The van der Waals surface area contributed by atoms with Gasteiger partial charge in [-0.05, 0) is 35.9 Å². The summed E-state index contributed by atoms with van der Waals surface area (Å²) in [4.78, 5) is 36.2. The van der Waals surface area contributed by atoms with Gasteiger partial charge in [-0.25, -0.2) is 4.79 Å². The number of halogens is 2. The van der Waals surface area contributed by atoms with Gasteiger partial charge in [0.1, 0.15) is 6.04 Å². The number of rotatable bonds is 7. The van der Waals surface area contributed by atoms with Gasteiger partial charge in [0.15, 0.2) is 0 Å². The molecule has 0 spiro atoms. The normalized spacial score (nSPS) is 11.4. The molecular weight excluding hydrogens is 436 g/mol. The van der Waals surface area contributed by atoms with E-state index in [4.69, 9.17) is 16.3 Å². The maximum atomic E-state index is 12.2. The molecule has 8 heteroatoms. The number of ether oxygens (including phenoxy) is 1. The summed E-state index contributed by atoms with van der Waals surface area (Å²) < 4.78 is 5.52. The van der Waals surface area contributed by atoms with Crippen molar-refractivity contribution in [1.29, 1.82) is 0 Å². The van der Waals surface area contributed by atoms with Crippen LogP contribution in [0.15, 0.2) is 53.0 Å². The van der Waals surface area contributed by atoms with E-state index >= 15 is 0 Å². The fourth-order valence-electron chi connectivity index (χ4n) is 2.35. The van der Waals surface area contributed by atoms with Crippen LogP contribution in [0.25, 0.3) is 0 Å². The highest BCUT2D eigenvalue weighted by atomic mass is 79.9. The molecule has 2 amide bonds. The Bertz CT molecular complexity index is 830. The number of methoxy groups -OCH3 is 1. The van der Waals surface area contributed by atoms with Crippen LogP contribution in [0.5, 0.6) is 0 Å². The molecule has 2 N–H and O–H groups in total. The molecule has 0 heterocycles. The topological polar surface area (TPSA) is 84.5 Å². The van der Waals surface area contributed by atoms with Gasteiger partial charge in [0.25, 0.3) is 5.91 Å². The number of carbonyl (C=O) groups excluding carboxylic acids is 3. The van der Waals surface area contributed by atoms with E-state index in [1.54, 1.807) is 48.5 Å². The lowest BCUT2D eigenvalue weighted by atomic mass is 10.1. The van der Waals surface area contributed by atoms with Gasteiger partial charge < -0.3 is 15.4 Å². The maximum absolute atomic E-state index is 12.2. The predicted octanol–water partition coefficient (Wildman–Crippen LogP) is 2.73. The fourth-order valence-corrected chi connectivity index (χ4v) is 2.96. The zero-order valence-corrected chi connectivity index (χ0v) is 16.8. The molecule has 1 atom stereocenters. The predicted molar refractivity (Wildman–Crippen MR) is 106 cm³/mol. The van der Waals surface area contributed by atoms with Crippen LogP contribution in [0.1, 0.15) is 15.9 Å². The average Bonchev–Trinajstić information content (AvgIpc) is 2.68. The molecule has 6 nitrogen and oxygen atoms in total. The molecule has 0 saturated heterocycles. The zero-order chi connectivity index (χ0) is 19.8. The highest BCUT2D eigenvalue weighted by molar-refractivity contribution is 9.10. The van der Waals surface area contributed by atoms with Crippen molar-refractivity contribution in [2.45, 2.75) is 12.5 Å². The number of amides is 2. The summed E-state index contributed by atoms with van der Waals surface area (Å²) in [5.74, 6) is -1.48. The highest BCUT2D eigenvalue weighted by Crippen LogP contribution is 2.22. The van der Waals surface area contributed by atoms with Crippen molar-refractivity contribution < 1.29 is 19.1 Å². The van der Waals surface area contributed by atoms with Gasteiger partial charge in [-0.15, -0.1) is 0 Å². The first-order valence-corrected chi connectivity index (χ1v) is 9.22. The number of nitrogens with one attached hydrogen (secondary N) is 2. The summed E-state index contributed by atoms with van der Waals surface area (Å²) in [5.41, 5.74) is 1.18. The van der Waals surface area contributed by atoms with Gasteiger partial charge in [0.05, 0.1) is 13.7 Å². The lowest BCUT2D eigenvalue weighted by Gasteiger charge is -2.18. The minimum absolute atomic E-state index is 0.187. The molecule has 2 aromatic rings. The van der Waals surface area contributed by atoms with Crippen LogP contribution in [0, 0.1) is 0 Å². The van der Waals surface area contributed by atoms with E-state index in [-0.39, 0.29) is 18.9 Å². The first-order chi connectivity index (χ1) is 12.9. The van der Waals surface area contributed by atoms with E-state index in [0.29, 0.717) is 10.6 Å². The Morgan fingerprint density at radius 1 is 1.15 bits per heavy atom. The van der Waals surface area contributed by atoms with Crippen molar-refractivity contribution in [2.24, 2.45) is 0 Å². The van der Waals surface area contributed by atoms with Crippen LogP contribution >= 0.6 is 27.5 Å². The summed E-state index contributed by atoms with van der Waals surface area (Å²) in [5, 5.41) is 5.60. The standard InChI is InChI=1S/C19H18BrClN2O4/c1-27-19(26)16(10-13-9-14(21)7-8-15(13)20)23-17(24)11-22-18(25)12-5-3-2-4-6-12/h2-9,16H,10-11H2,1H3,(H,22,25)(H,23,24)/t16-/m1/s1. The van der Waals surface area contributed by atoms with E-state index in [0.717, 1.165) is 10.0 Å². The average molecular weight is 454 g/mol. The SMILES string of the molecule is COC(=O)[C@@H](Cc1cc(Cl)ccc1Br)NC(=O)CNC(=O)c1ccccc1. The number of benzene rings is 2. The summed E-state index contributed by atoms with van der Waals surface area (Å²) in [6.07, 6.45) is 0.187. The van der Waals surface area contributed by atoms with E-state index in [9.17, 15) is 14.4 Å². The summed E-state index contributed by atoms with van der Waals surface area (Å²) >= 11 is 9.38. The van der Waals surface area contributed by atoms with Crippen molar-refractivity contribution in [3.63, 3.8) is 0 Å².